The molecule has 0 bridgehead atoms. The molecule has 9 nitrogen and oxygen atoms in total. The summed E-state index contributed by atoms with van der Waals surface area (Å²) in [7, 11) is -10.0. The minimum atomic E-state index is -5.06. The van der Waals surface area contributed by atoms with Crippen molar-refractivity contribution >= 4 is 59.7 Å². The molecule has 14 heteroatoms. The second-order valence-electron chi connectivity index (χ2n) is 7.07. The number of hydrogen-bond acceptors (Lipinski definition) is 8. The fraction of sp³-hybridized carbons (Fsp3) is 0.190. The molecule has 0 heterocycles. The van der Waals surface area contributed by atoms with Crippen molar-refractivity contribution in [1.29, 1.82) is 0 Å². The molecule has 3 rings (SSSR count). The van der Waals surface area contributed by atoms with Crippen molar-refractivity contribution < 1.29 is 89.8 Å². The van der Waals surface area contributed by atoms with Crippen LogP contribution in [0.15, 0.2) is 64.4 Å². The molecule has 0 aliphatic rings. The minimum absolute atomic E-state index is 0. The SMILES string of the molecule is CCCCOc1ccc(NC(=S)Nc2ccc3cc(S(=O)(=O)[O-])cc(S(=O)(=O)[O-])c3c2)cc1.[Na+].[Na+]. The molecule has 0 atom stereocenters. The Morgan fingerprint density at radius 3 is 2.06 bits per heavy atom. The Hall–Kier alpha value is -0.770. The number of anilines is 2. The molecule has 0 aliphatic heterocycles. The van der Waals surface area contributed by atoms with E-state index in [1.165, 1.54) is 18.2 Å². The van der Waals surface area contributed by atoms with E-state index in [-0.39, 0.29) is 75.0 Å². The smallest absolute Gasteiger partial charge is 0.744 e. The van der Waals surface area contributed by atoms with E-state index in [9.17, 15) is 25.9 Å². The molecule has 3 aromatic carbocycles. The summed E-state index contributed by atoms with van der Waals surface area (Å²) in [5.41, 5.74) is 1.03. The van der Waals surface area contributed by atoms with Crippen molar-refractivity contribution in [1.82, 2.24) is 0 Å². The van der Waals surface area contributed by atoms with Gasteiger partial charge in [0, 0.05) is 16.8 Å². The summed E-state index contributed by atoms with van der Waals surface area (Å²) in [5.74, 6) is 0.730. The van der Waals surface area contributed by atoms with Gasteiger partial charge in [0.15, 0.2) is 5.11 Å². The summed E-state index contributed by atoms with van der Waals surface area (Å²) in [4.78, 5) is -1.61. The van der Waals surface area contributed by atoms with Crippen LogP contribution in [0.1, 0.15) is 19.8 Å². The number of fused-ring (bicyclic) bond motifs is 1. The summed E-state index contributed by atoms with van der Waals surface area (Å²) in [5, 5.41) is 6.10. The van der Waals surface area contributed by atoms with Gasteiger partial charge in [0.05, 0.1) is 16.4 Å². The third-order valence-corrected chi connectivity index (χ3v) is 6.48. The summed E-state index contributed by atoms with van der Waals surface area (Å²) < 4.78 is 74.7. The molecule has 0 unspecified atom stereocenters. The summed E-state index contributed by atoms with van der Waals surface area (Å²) in [6.07, 6.45) is 2.00. The number of unbranched alkanes of at least 4 members (excludes halogenated alkanes) is 1. The maximum atomic E-state index is 11.7. The van der Waals surface area contributed by atoms with Crippen molar-refractivity contribution in [3.05, 3.63) is 54.6 Å². The van der Waals surface area contributed by atoms with Gasteiger partial charge in [-0.05, 0) is 72.6 Å². The number of thiocarbonyl (C=S) groups is 1. The molecule has 0 spiro atoms. The Balaban J connectivity index is 0.00000306. The predicted octanol–water partition coefficient (Wildman–Crippen LogP) is -2.36. The van der Waals surface area contributed by atoms with Crippen molar-refractivity contribution in [2.45, 2.75) is 29.6 Å². The third-order valence-electron chi connectivity index (χ3n) is 4.58. The average molecular weight is 555 g/mol. The number of benzene rings is 3. The quantitative estimate of drug-likeness (QED) is 0.134. The zero-order chi connectivity index (χ0) is 24.2. The number of rotatable bonds is 8. The third kappa shape index (κ3) is 9.24. The number of hydrogen-bond donors (Lipinski definition) is 2. The maximum absolute atomic E-state index is 11.7. The Morgan fingerprint density at radius 1 is 0.886 bits per heavy atom. The predicted molar refractivity (Wildman–Crippen MR) is 127 cm³/mol. The van der Waals surface area contributed by atoms with E-state index >= 15 is 0 Å². The molecule has 0 radical (unpaired) electrons. The Bertz CT molecular complexity index is 1400. The van der Waals surface area contributed by atoms with Crippen LogP contribution in [-0.4, -0.2) is 37.7 Å². The molecule has 3 aromatic rings. The van der Waals surface area contributed by atoms with Gasteiger partial charge in [0.25, 0.3) is 0 Å². The van der Waals surface area contributed by atoms with Crippen molar-refractivity contribution in [3.8, 4) is 5.75 Å². The Morgan fingerprint density at radius 2 is 1.49 bits per heavy atom. The van der Waals surface area contributed by atoms with Crippen LogP contribution in [0.2, 0.25) is 0 Å². The van der Waals surface area contributed by atoms with Gasteiger partial charge in [-0.2, -0.15) is 0 Å². The van der Waals surface area contributed by atoms with Crippen LogP contribution in [0.4, 0.5) is 11.4 Å². The second kappa shape index (κ2) is 13.7. The Kier molecular flexibility index (Phi) is 12.6. The van der Waals surface area contributed by atoms with Crippen molar-refractivity contribution in [2.75, 3.05) is 17.2 Å². The van der Waals surface area contributed by atoms with E-state index in [2.05, 4.69) is 17.6 Å². The van der Waals surface area contributed by atoms with Gasteiger partial charge >= 0.3 is 59.1 Å². The molecule has 0 fully saturated rings. The van der Waals surface area contributed by atoms with Crippen LogP contribution >= 0.6 is 12.2 Å². The molecule has 0 amide bonds. The number of nitrogens with one attached hydrogen (secondary N) is 2. The normalized spacial score (nSPS) is 11.2. The van der Waals surface area contributed by atoms with Gasteiger partial charge in [-0.15, -0.1) is 0 Å². The van der Waals surface area contributed by atoms with E-state index in [1.807, 2.05) is 0 Å². The van der Waals surface area contributed by atoms with Crippen LogP contribution in [0.25, 0.3) is 10.8 Å². The summed E-state index contributed by atoms with van der Waals surface area (Å²) >= 11 is 5.28. The zero-order valence-corrected chi connectivity index (χ0v) is 25.8. The molecule has 0 aliphatic carbocycles. The topological polar surface area (TPSA) is 148 Å². The van der Waals surface area contributed by atoms with Gasteiger partial charge in [-0.1, -0.05) is 19.4 Å². The van der Waals surface area contributed by atoms with Crippen molar-refractivity contribution in [2.24, 2.45) is 0 Å². The fourth-order valence-electron chi connectivity index (χ4n) is 2.99. The van der Waals surface area contributed by atoms with Crippen LogP contribution in [0.3, 0.4) is 0 Å². The zero-order valence-electron chi connectivity index (χ0n) is 19.4. The molecular weight excluding hydrogens is 534 g/mol. The first-order valence-electron chi connectivity index (χ1n) is 9.78. The standard InChI is InChI=1S/C21H22N2O7S3.2Na/c1-2-3-10-30-17-8-6-15(7-9-17)22-21(31)23-16-5-4-14-11-18(32(24,25)26)13-20(19(14)12-16)33(27,28)29;;/h4-9,11-13H,2-3,10H2,1H3,(H2,22,23,31)(H,24,25,26)(H,27,28,29);;/q;2*+1/p-2. The largest absolute Gasteiger partial charge is 1.00 e. The van der Waals surface area contributed by atoms with Crippen LogP contribution < -0.4 is 74.5 Å². The average Bonchev–Trinajstić information content (AvgIpc) is 2.73. The van der Waals surface area contributed by atoms with Crippen LogP contribution in [-0.2, 0) is 20.2 Å². The number of ether oxygens (including phenoxy) is 1. The van der Waals surface area contributed by atoms with Gasteiger partial charge in [0.1, 0.15) is 26.0 Å². The van der Waals surface area contributed by atoms with Crippen molar-refractivity contribution in [3.63, 3.8) is 0 Å². The fourth-order valence-corrected chi connectivity index (χ4v) is 4.55. The monoisotopic (exact) mass is 554 g/mol. The molecule has 35 heavy (non-hydrogen) atoms. The minimum Gasteiger partial charge on any atom is -0.744 e. The van der Waals surface area contributed by atoms with Gasteiger partial charge in [-0.3, -0.25) is 0 Å². The van der Waals surface area contributed by atoms with Crippen LogP contribution in [0.5, 0.6) is 5.75 Å². The first kappa shape index (κ1) is 32.3. The van der Waals surface area contributed by atoms with Gasteiger partial charge < -0.3 is 24.5 Å². The van der Waals surface area contributed by atoms with E-state index in [4.69, 9.17) is 17.0 Å². The van der Waals surface area contributed by atoms with Gasteiger partial charge in [0.2, 0.25) is 0 Å². The van der Waals surface area contributed by atoms with E-state index < -0.39 is 30.0 Å². The first-order chi connectivity index (χ1) is 15.5. The van der Waals surface area contributed by atoms with E-state index in [0.717, 1.165) is 24.7 Å². The van der Waals surface area contributed by atoms with Gasteiger partial charge in [-0.25, -0.2) is 16.8 Å². The molecular formula is C21H20N2Na2O7S3. The van der Waals surface area contributed by atoms with E-state index in [1.54, 1.807) is 24.3 Å². The Labute approximate surface area is 254 Å². The molecule has 2 N–H and O–H groups in total. The summed E-state index contributed by atoms with van der Waals surface area (Å²) in [6, 6.07) is 12.9. The summed E-state index contributed by atoms with van der Waals surface area (Å²) in [6.45, 7) is 2.71. The molecule has 0 saturated heterocycles. The first-order valence-corrected chi connectivity index (χ1v) is 13.0. The maximum Gasteiger partial charge on any atom is 1.00 e. The second-order valence-corrected chi connectivity index (χ2v) is 10.2. The molecule has 0 aromatic heterocycles. The van der Waals surface area contributed by atoms with Crippen LogP contribution in [0, 0.1) is 0 Å². The molecule has 0 saturated carbocycles. The molecule has 176 valence electrons. The van der Waals surface area contributed by atoms with E-state index in [0.29, 0.717) is 24.0 Å².